The molecule has 0 aromatic carbocycles. The molecule has 1 aliphatic carbocycles. The van der Waals surface area contributed by atoms with E-state index in [0.717, 1.165) is 25.7 Å². The molecule has 19 heavy (non-hydrogen) atoms. The Kier molecular flexibility index (Phi) is 7.94. The number of hydrogen-bond donors (Lipinski definition) is 2. The van der Waals surface area contributed by atoms with Crippen LogP contribution < -0.4 is 10.6 Å². The molecule has 0 aromatic rings. The van der Waals surface area contributed by atoms with Crippen molar-refractivity contribution in [3.05, 3.63) is 11.6 Å². The van der Waals surface area contributed by atoms with E-state index < -0.39 is 0 Å². The molecule has 4 nitrogen and oxygen atoms in total. The molecule has 0 fully saturated rings. The van der Waals surface area contributed by atoms with E-state index in [9.17, 15) is 9.59 Å². The van der Waals surface area contributed by atoms with Crippen molar-refractivity contribution in [3.8, 4) is 0 Å². The van der Waals surface area contributed by atoms with E-state index in [-0.39, 0.29) is 18.2 Å². The van der Waals surface area contributed by atoms with Crippen LogP contribution in [0.4, 0.5) is 0 Å². The quantitative estimate of drug-likeness (QED) is 0.402. The Hall–Kier alpha value is -1.32. The SMILES string of the molecule is CCCCNC(=O)CC(=O)NCCC1=CCCCC1. The maximum Gasteiger partial charge on any atom is 0.229 e. The molecule has 0 bridgehead atoms. The molecule has 108 valence electrons. The Morgan fingerprint density at radius 2 is 1.89 bits per heavy atom. The molecule has 0 saturated heterocycles. The first-order chi connectivity index (χ1) is 9.22. The fraction of sp³-hybridized carbons (Fsp3) is 0.733. The average molecular weight is 266 g/mol. The van der Waals surface area contributed by atoms with Crippen LogP contribution in [0, 0.1) is 0 Å². The molecule has 2 N–H and O–H groups in total. The highest BCUT2D eigenvalue weighted by atomic mass is 16.2. The lowest BCUT2D eigenvalue weighted by molar-refractivity contribution is -0.129. The number of rotatable bonds is 8. The maximum atomic E-state index is 11.5. The van der Waals surface area contributed by atoms with Gasteiger partial charge in [0.2, 0.25) is 11.8 Å². The molecule has 0 aromatic heterocycles. The van der Waals surface area contributed by atoms with E-state index in [1.165, 1.54) is 24.8 Å². The summed E-state index contributed by atoms with van der Waals surface area (Å²) in [6, 6.07) is 0. The second kappa shape index (κ2) is 9.59. The highest BCUT2D eigenvalue weighted by Gasteiger charge is 2.09. The summed E-state index contributed by atoms with van der Waals surface area (Å²) in [7, 11) is 0. The van der Waals surface area contributed by atoms with Gasteiger partial charge in [-0.05, 0) is 38.5 Å². The molecule has 4 heteroatoms. The lowest BCUT2D eigenvalue weighted by Gasteiger charge is -2.12. The van der Waals surface area contributed by atoms with Crippen LogP contribution in [-0.4, -0.2) is 24.9 Å². The van der Waals surface area contributed by atoms with Crippen molar-refractivity contribution in [2.45, 2.75) is 58.3 Å². The third-order valence-electron chi connectivity index (χ3n) is 3.33. The molecular weight excluding hydrogens is 240 g/mol. The summed E-state index contributed by atoms with van der Waals surface area (Å²) in [6.45, 7) is 3.38. The molecule has 2 amide bonds. The Balaban J connectivity index is 2.07. The van der Waals surface area contributed by atoms with Crippen LogP contribution in [0.5, 0.6) is 0 Å². The molecule has 0 saturated carbocycles. The van der Waals surface area contributed by atoms with Crippen LogP contribution in [-0.2, 0) is 9.59 Å². The minimum absolute atomic E-state index is 0.0528. The number of carbonyl (C=O) groups is 2. The molecule has 1 rings (SSSR count). The van der Waals surface area contributed by atoms with Crippen molar-refractivity contribution < 1.29 is 9.59 Å². The molecule has 0 atom stereocenters. The zero-order chi connectivity index (χ0) is 13.9. The number of allylic oxidation sites excluding steroid dienone is 1. The first-order valence-electron chi connectivity index (χ1n) is 7.43. The molecule has 0 radical (unpaired) electrons. The van der Waals surface area contributed by atoms with Crippen molar-refractivity contribution >= 4 is 11.8 Å². The van der Waals surface area contributed by atoms with Gasteiger partial charge in [-0.25, -0.2) is 0 Å². The largest absolute Gasteiger partial charge is 0.356 e. The summed E-state index contributed by atoms with van der Waals surface area (Å²) in [5.74, 6) is -0.353. The molecule has 0 unspecified atom stereocenters. The van der Waals surface area contributed by atoms with E-state index >= 15 is 0 Å². The van der Waals surface area contributed by atoms with E-state index in [2.05, 4.69) is 23.6 Å². The second-order valence-electron chi connectivity index (χ2n) is 5.09. The van der Waals surface area contributed by atoms with Gasteiger partial charge in [0.05, 0.1) is 0 Å². The van der Waals surface area contributed by atoms with Crippen molar-refractivity contribution in [2.75, 3.05) is 13.1 Å². The fourth-order valence-electron chi connectivity index (χ4n) is 2.17. The monoisotopic (exact) mass is 266 g/mol. The number of carbonyl (C=O) groups excluding carboxylic acids is 2. The summed E-state index contributed by atoms with van der Waals surface area (Å²) in [5, 5.41) is 5.55. The van der Waals surface area contributed by atoms with Gasteiger partial charge in [0, 0.05) is 13.1 Å². The fourth-order valence-corrected chi connectivity index (χ4v) is 2.17. The maximum absolute atomic E-state index is 11.5. The third kappa shape index (κ3) is 7.65. The Bertz CT molecular complexity index is 324. The zero-order valence-corrected chi connectivity index (χ0v) is 12.0. The first kappa shape index (κ1) is 15.7. The molecule has 1 aliphatic rings. The van der Waals surface area contributed by atoms with Gasteiger partial charge in [0.25, 0.3) is 0 Å². The van der Waals surface area contributed by atoms with Crippen LogP contribution in [0.15, 0.2) is 11.6 Å². The Morgan fingerprint density at radius 1 is 1.16 bits per heavy atom. The number of nitrogens with one attached hydrogen (secondary N) is 2. The predicted octanol–water partition coefficient (Wildman–Crippen LogP) is 2.30. The Morgan fingerprint density at radius 3 is 2.53 bits per heavy atom. The predicted molar refractivity (Wildman–Crippen MR) is 76.7 cm³/mol. The summed E-state index contributed by atoms with van der Waals surface area (Å²) < 4.78 is 0. The summed E-state index contributed by atoms with van der Waals surface area (Å²) >= 11 is 0. The highest BCUT2D eigenvalue weighted by molar-refractivity contribution is 5.96. The van der Waals surface area contributed by atoms with Gasteiger partial charge in [-0.2, -0.15) is 0 Å². The standard InChI is InChI=1S/C15H26N2O2/c1-2-3-10-16-14(18)12-15(19)17-11-9-13-7-5-4-6-8-13/h7H,2-6,8-12H2,1H3,(H,16,18)(H,17,19). The number of hydrogen-bond acceptors (Lipinski definition) is 2. The molecule has 0 spiro atoms. The highest BCUT2D eigenvalue weighted by Crippen LogP contribution is 2.19. The average Bonchev–Trinajstić information content (AvgIpc) is 2.40. The van der Waals surface area contributed by atoms with Gasteiger partial charge in [0.1, 0.15) is 6.42 Å². The summed E-state index contributed by atoms with van der Waals surface area (Å²) in [5.41, 5.74) is 1.44. The summed E-state index contributed by atoms with van der Waals surface area (Å²) in [6.07, 6.45) is 10.0. The van der Waals surface area contributed by atoms with Crippen molar-refractivity contribution in [2.24, 2.45) is 0 Å². The van der Waals surface area contributed by atoms with Crippen molar-refractivity contribution in [1.82, 2.24) is 10.6 Å². The van der Waals surface area contributed by atoms with E-state index in [1.807, 2.05) is 0 Å². The normalized spacial score (nSPS) is 14.7. The van der Waals surface area contributed by atoms with E-state index in [1.54, 1.807) is 0 Å². The van der Waals surface area contributed by atoms with Gasteiger partial charge >= 0.3 is 0 Å². The number of amides is 2. The van der Waals surface area contributed by atoms with Crippen LogP contribution >= 0.6 is 0 Å². The molecular formula is C15H26N2O2. The van der Waals surface area contributed by atoms with Gasteiger partial charge in [-0.1, -0.05) is 25.0 Å². The third-order valence-corrected chi connectivity index (χ3v) is 3.33. The lowest BCUT2D eigenvalue weighted by Crippen LogP contribution is -2.32. The van der Waals surface area contributed by atoms with Crippen molar-refractivity contribution in [3.63, 3.8) is 0 Å². The smallest absolute Gasteiger partial charge is 0.229 e. The van der Waals surface area contributed by atoms with Crippen LogP contribution in [0.3, 0.4) is 0 Å². The molecule has 0 heterocycles. The Labute approximate surface area is 116 Å². The topological polar surface area (TPSA) is 58.2 Å². The van der Waals surface area contributed by atoms with Crippen LogP contribution in [0.2, 0.25) is 0 Å². The van der Waals surface area contributed by atoms with E-state index in [0.29, 0.717) is 13.1 Å². The minimum atomic E-state index is -0.178. The second-order valence-corrected chi connectivity index (χ2v) is 5.09. The van der Waals surface area contributed by atoms with Crippen molar-refractivity contribution in [1.29, 1.82) is 0 Å². The van der Waals surface area contributed by atoms with E-state index in [4.69, 9.17) is 0 Å². The zero-order valence-electron chi connectivity index (χ0n) is 12.0. The van der Waals surface area contributed by atoms with Crippen LogP contribution in [0.1, 0.15) is 58.3 Å². The lowest BCUT2D eigenvalue weighted by atomic mass is 9.97. The van der Waals surface area contributed by atoms with Gasteiger partial charge in [0.15, 0.2) is 0 Å². The summed E-state index contributed by atoms with van der Waals surface area (Å²) in [4.78, 5) is 22.9. The van der Waals surface area contributed by atoms with Gasteiger partial charge in [-0.3, -0.25) is 9.59 Å². The van der Waals surface area contributed by atoms with Gasteiger partial charge < -0.3 is 10.6 Å². The molecule has 0 aliphatic heterocycles. The van der Waals surface area contributed by atoms with Gasteiger partial charge in [-0.15, -0.1) is 0 Å². The first-order valence-corrected chi connectivity index (χ1v) is 7.43. The number of unbranched alkanes of at least 4 members (excludes halogenated alkanes) is 1. The van der Waals surface area contributed by atoms with Crippen LogP contribution in [0.25, 0.3) is 0 Å². The minimum Gasteiger partial charge on any atom is -0.356 e.